The SMILES string of the molecule is CC(S)C[C@H]1N=C(c2ccccc2)c2cc(Cl)ccc2NC1=S. The number of aliphatic imine (C=N–C) groups is 1. The molecule has 1 unspecified atom stereocenters. The summed E-state index contributed by atoms with van der Waals surface area (Å²) in [5.74, 6) is 0. The van der Waals surface area contributed by atoms with Gasteiger partial charge >= 0.3 is 0 Å². The first-order valence-electron chi connectivity index (χ1n) is 7.46. The van der Waals surface area contributed by atoms with Gasteiger partial charge in [-0.05, 0) is 24.6 Å². The quantitative estimate of drug-likeness (QED) is 0.594. The molecule has 1 aliphatic heterocycles. The normalized spacial score (nSPS) is 18.5. The van der Waals surface area contributed by atoms with Crippen molar-refractivity contribution in [3.8, 4) is 0 Å². The Labute approximate surface area is 152 Å². The summed E-state index contributed by atoms with van der Waals surface area (Å²) in [4.78, 5) is 5.68. The van der Waals surface area contributed by atoms with Crippen LogP contribution in [0.3, 0.4) is 0 Å². The fourth-order valence-corrected chi connectivity index (χ4v) is 3.26. The second kappa shape index (κ2) is 7.04. The average molecular weight is 361 g/mol. The van der Waals surface area contributed by atoms with E-state index in [-0.39, 0.29) is 11.3 Å². The molecule has 2 nitrogen and oxygen atoms in total. The monoisotopic (exact) mass is 360 g/mol. The van der Waals surface area contributed by atoms with Crippen LogP contribution >= 0.6 is 36.4 Å². The van der Waals surface area contributed by atoms with Crippen LogP contribution in [0.25, 0.3) is 0 Å². The van der Waals surface area contributed by atoms with Crippen molar-refractivity contribution >= 4 is 52.8 Å². The Hall–Kier alpha value is -1.36. The molecular formula is C18H17ClN2S2. The molecule has 0 aliphatic carbocycles. The highest BCUT2D eigenvalue weighted by Gasteiger charge is 2.24. The minimum absolute atomic E-state index is 0.0983. The number of rotatable bonds is 3. The van der Waals surface area contributed by atoms with Gasteiger partial charge in [0.2, 0.25) is 0 Å². The molecule has 0 fully saturated rings. The minimum atomic E-state index is -0.0983. The summed E-state index contributed by atoms with van der Waals surface area (Å²) in [5, 5.41) is 4.22. The van der Waals surface area contributed by atoms with Gasteiger partial charge in [0.15, 0.2) is 0 Å². The molecule has 0 aromatic heterocycles. The Bertz CT molecular complexity index is 757. The van der Waals surface area contributed by atoms with E-state index in [1.807, 2.05) is 36.4 Å². The zero-order chi connectivity index (χ0) is 16.4. The van der Waals surface area contributed by atoms with Crippen LogP contribution in [0, 0.1) is 0 Å². The van der Waals surface area contributed by atoms with Gasteiger partial charge < -0.3 is 5.32 Å². The molecule has 0 saturated heterocycles. The molecule has 23 heavy (non-hydrogen) atoms. The van der Waals surface area contributed by atoms with Crippen LogP contribution < -0.4 is 5.32 Å². The van der Waals surface area contributed by atoms with Crippen LogP contribution in [0.1, 0.15) is 24.5 Å². The van der Waals surface area contributed by atoms with Crippen molar-refractivity contribution in [1.29, 1.82) is 0 Å². The van der Waals surface area contributed by atoms with Gasteiger partial charge in [0, 0.05) is 27.1 Å². The van der Waals surface area contributed by atoms with E-state index in [0.717, 1.165) is 33.9 Å². The van der Waals surface area contributed by atoms with Gasteiger partial charge in [0.05, 0.1) is 5.71 Å². The highest BCUT2D eigenvalue weighted by atomic mass is 35.5. The predicted molar refractivity (Wildman–Crippen MR) is 107 cm³/mol. The van der Waals surface area contributed by atoms with Crippen LogP contribution in [-0.4, -0.2) is 22.0 Å². The van der Waals surface area contributed by atoms with Crippen LogP contribution in [-0.2, 0) is 0 Å². The molecule has 1 aliphatic rings. The van der Waals surface area contributed by atoms with Gasteiger partial charge in [0.1, 0.15) is 11.0 Å². The molecule has 0 bridgehead atoms. The lowest BCUT2D eigenvalue weighted by atomic mass is 10.0. The molecule has 1 N–H and O–H groups in total. The van der Waals surface area contributed by atoms with Crippen molar-refractivity contribution < 1.29 is 0 Å². The van der Waals surface area contributed by atoms with E-state index >= 15 is 0 Å². The van der Waals surface area contributed by atoms with Gasteiger partial charge in [-0.15, -0.1) is 0 Å². The summed E-state index contributed by atoms with van der Waals surface area (Å²) in [6.45, 7) is 2.05. The van der Waals surface area contributed by atoms with Gasteiger partial charge in [-0.2, -0.15) is 12.6 Å². The van der Waals surface area contributed by atoms with Gasteiger partial charge in [-0.1, -0.05) is 61.1 Å². The summed E-state index contributed by atoms with van der Waals surface area (Å²) < 4.78 is 0. The Morgan fingerprint density at radius 3 is 2.70 bits per heavy atom. The molecule has 0 spiro atoms. The van der Waals surface area contributed by atoms with E-state index in [9.17, 15) is 0 Å². The molecular weight excluding hydrogens is 344 g/mol. The fourth-order valence-electron chi connectivity index (χ4n) is 2.63. The number of hydrogen-bond acceptors (Lipinski definition) is 3. The number of nitrogens with one attached hydrogen (secondary N) is 1. The average Bonchev–Trinajstić information content (AvgIpc) is 2.65. The molecule has 0 radical (unpaired) electrons. The molecule has 5 heteroatoms. The number of nitrogens with zero attached hydrogens (tertiary/aromatic N) is 1. The molecule has 2 aromatic carbocycles. The molecule has 1 heterocycles. The van der Waals surface area contributed by atoms with E-state index < -0.39 is 0 Å². The van der Waals surface area contributed by atoms with E-state index in [0.29, 0.717) is 5.02 Å². The molecule has 3 rings (SSSR count). The van der Waals surface area contributed by atoms with Gasteiger partial charge in [-0.25, -0.2) is 0 Å². The number of halogens is 1. The largest absolute Gasteiger partial charge is 0.348 e. The Kier molecular flexibility index (Phi) is 5.05. The smallest absolute Gasteiger partial charge is 0.105 e. The Morgan fingerprint density at radius 2 is 2.00 bits per heavy atom. The van der Waals surface area contributed by atoms with Gasteiger partial charge in [-0.3, -0.25) is 4.99 Å². The third-order valence-corrected chi connectivity index (χ3v) is 4.51. The van der Waals surface area contributed by atoms with Crippen molar-refractivity contribution in [3.63, 3.8) is 0 Å². The number of hydrogen-bond donors (Lipinski definition) is 2. The van der Waals surface area contributed by atoms with Crippen LogP contribution in [0.4, 0.5) is 5.69 Å². The maximum absolute atomic E-state index is 6.21. The molecule has 0 saturated carbocycles. The number of thiocarbonyl (C=S) groups is 1. The van der Waals surface area contributed by atoms with E-state index in [1.54, 1.807) is 0 Å². The Balaban J connectivity index is 2.16. The van der Waals surface area contributed by atoms with Crippen molar-refractivity contribution in [2.75, 3.05) is 5.32 Å². The third kappa shape index (κ3) is 3.77. The van der Waals surface area contributed by atoms with Gasteiger partial charge in [0.25, 0.3) is 0 Å². The summed E-state index contributed by atoms with van der Waals surface area (Å²) in [5.41, 5.74) is 3.88. The van der Waals surface area contributed by atoms with Crippen molar-refractivity contribution in [3.05, 3.63) is 64.7 Å². The number of thiol groups is 1. The summed E-state index contributed by atoms with van der Waals surface area (Å²) >= 11 is 16.3. The predicted octanol–water partition coefficient (Wildman–Crippen LogP) is 5.01. The number of fused-ring (bicyclic) bond motifs is 1. The standard InChI is InChI=1S/C18H17ClN2S2/c1-11(22)9-16-18(23)21-15-8-7-13(19)10-14(15)17(20-16)12-5-3-2-4-6-12/h2-8,10-11,16,22H,9H2,1H3,(H,21,23)/t11?,16-/m1/s1. The van der Waals surface area contributed by atoms with E-state index in [4.69, 9.17) is 28.8 Å². The fraction of sp³-hybridized carbons (Fsp3) is 0.222. The lowest BCUT2D eigenvalue weighted by molar-refractivity contribution is 0.756. The summed E-state index contributed by atoms with van der Waals surface area (Å²) in [7, 11) is 0. The van der Waals surface area contributed by atoms with E-state index in [2.05, 4.69) is 37.0 Å². The Morgan fingerprint density at radius 1 is 1.26 bits per heavy atom. The zero-order valence-electron chi connectivity index (χ0n) is 12.7. The topological polar surface area (TPSA) is 24.4 Å². The summed E-state index contributed by atoms with van der Waals surface area (Å²) in [6, 6.07) is 15.8. The minimum Gasteiger partial charge on any atom is -0.348 e. The number of anilines is 1. The maximum Gasteiger partial charge on any atom is 0.105 e. The summed E-state index contributed by atoms with van der Waals surface area (Å²) in [6.07, 6.45) is 0.785. The first kappa shape index (κ1) is 16.5. The van der Waals surface area contributed by atoms with Crippen molar-refractivity contribution in [2.45, 2.75) is 24.6 Å². The van der Waals surface area contributed by atoms with E-state index in [1.165, 1.54) is 0 Å². The van der Waals surface area contributed by atoms with Crippen LogP contribution in [0.2, 0.25) is 5.02 Å². The highest BCUT2D eigenvalue weighted by molar-refractivity contribution is 7.81. The molecule has 0 amide bonds. The number of benzodiazepines with no additional fused rings is 1. The first-order valence-corrected chi connectivity index (χ1v) is 8.77. The first-order chi connectivity index (χ1) is 11.0. The third-order valence-electron chi connectivity index (χ3n) is 3.69. The number of benzene rings is 2. The van der Waals surface area contributed by atoms with Crippen molar-refractivity contribution in [1.82, 2.24) is 0 Å². The molecule has 118 valence electrons. The second-order valence-electron chi connectivity index (χ2n) is 5.62. The van der Waals surface area contributed by atoms with Crippen molar-refractivity contribution in [2.24, 2.45) is 4.99 Å². The van der Waals surface area contributed by atoms with Crippen LogP contribution in [0.5, 0.6) is 0 Å². The van der Waals surface area contributed by atoms with Crippen LogP contribution in [0.15, 0.2) is 53.5 Å². The highest BCUT2D eigenvalue weighted by Crippen LogP contribution is 2.28. The molecule has 2 atom stereocenters. The maximum atomic E-state index is 6.21. The lowest BCUT2D eigenvalue weighted by Crippen LogP contribution is -2.25. The second-order valence-corrected chi connectivity index (χ2v) is 7.38. The zero-order valence-corrected chi connectivity index (χ0v) is 15.1. The molecule has 2 aromatic rings. The lowest BCUT2D eigenvalue weighted by Gasteiger charge is -2.15.